The first kappa shape index (κ1) is 18.1. The van der Waals surface area contributed by atoms with Gasteiger partial charge in [0.15, 0.2) is 0 Å². The molecule has 24 heavy (non-hydrogen) atoms. The van der Waals surface area contributed by atoms with Crippen LogP contribution >= 0.6 is 15.9 Å². The Morgan fingerprint density at radius 1 is 1.25 bits per heavy atom. The van der Waals surface area contributed by atoms with Crippen LogP contribution in [0.3, 0.4) is 0 Å². The van der Waals surface area contributed by atoms with E-state index in [1.54, 1.807) is 24.3 Å². The van der Waals surface area contributed by atoms with Crippen LogP contribution in [0.15, 0.2) is 24.3 Å². The number of benzene rings is 1. The van der Waals surface area contributed by atoms with Crippen molar-refractivity contribution in [3.05, 3.63) is 41.2 Å². The summed E-state index contributed by atoms with van der Waals surface area (Å²) in [5.41, 5.74) is 1.17. The number of halogens is 1. The van der Waals surface area contributed by atoms with Crippen LogP contribution in [-0.2, 0) is 6.42 Å². The van der Waals surface area contributed by atoms with Gasteiger partial charge in [0.2, 0.25) is 5.95 Å². The van der Waals surface area contributed by atoms with Crippen LogP contribution in [0.4, 0.5) is 5.95 Å². The Kier molecular flexibility index (Phi) is 6.92. The largest absolute Gasteiger partial charge is 0.478 e. The van der Waals surface area contributed by atoms with Crippen LogP contribution in [0, 0.1) is 0 Å². The van der Waals surface area contributed by atoms with Crippen molar-refractivity contribution in [2.24, 2.45) is 0 Å². The average molecular weight is 395 g/mol. The van der Waals surface area contributed by atoms with Crippen molar-refractivity contribution in [2.45, 2.75) is 19.8 Å². The van der Waals surface area contributed by atoms with E-state index in [9.17, 15) is 4.79 Å². The standard InChI is InChI=1S/C16H19BrN4O3/c1-2-24-16-20-13(19-15(21-16)18-9-3-8-17)10-11-4-6-12(7-5-11)14(22)23/h4-7H,2-3,8-10H2,1H3,(H,22,23)(H,18,19,20,21). The Balaban J connectivity index is 2.16. The lowest BCUT2D eigenvalue weighted by Crippen LogP contribution is -2.11. The lowest BCUT2D eigenvalue weighted by Gasteiger charge is -2.09. The number of hydrogen-bond donors (Lipinski definition) is 2. The molecular weight excluding hydrogens is 376 g/mol. The van der Waals surface area contributed by atoms with Crippen molar-refractivity contribution in [3.8, 4) is 6.01 Å². The number of nitrogens with one attached hydrogen (secondary N) is 1. The highest BCUT2D eigenvalue weighted by Gasteiger charge is 2.09. The number of carboxylic acids is 1. The van der Waals surface area contributed by atoms with Gasteiger partial charge in [-0.15, -0.1) is 0 Å². The predicted molar refractivity (Wildman–Crippen MR) is 94.1 cm³/mol. The van der Waals surface area contributed by atoms with Crippen molar-refractivity contribution in [2.75, 3.05) is 23.8 Å². The van der Waals surface area contributed by atoms with Gasteiger partial charge < -0.3 is 15.2 Å². The fraction of sp³-hybridized carbons (Fsp3) is 0.375. The van der Waals surface area contributed by atoms with Gasteiger partial charge in [-0.05, 0) is 31.0 Å². The van der Waals surface area contributed by atoms with E-state index in [1.807, 2.05) is 6.92 Å². The molecule has 0 saturated carbocycles. The monoisotopic (exact) mass is 394 g/mol. The fourth-order valence-corrected chi connectivity index (χ4v) is 2.25. The Hall–Kier alpha value is -2.22. The molecule has 2 N–H and O–H groups in total. The van der Waals surface area contributed by atoms with Crippen molar-refractivity contribution in [1.29, 1.82) is 0 Å². The highest BCUT2D eigenvalue weighted by Crippen LogP contribution is 2.13. The van der Waals surface area contributed by atoms with Gasteiger partial charge >= 0.3 is 12.0 Å². The summed E-state index contributed by atoms with van der Waals surface area (Å²) in [5.74, 6) is 0.100. The van der Waals surface area contributed by atoms with Gasteiger partial charge in [-0.2, -0.15) is 15.0 Å². The van der Waals surface area contributed by atoms with Crippen molar-refractivity contribution in [1.82, 2.24) is 15.0 Å². The van der Waals surface area contributed by atoms with Crippen molar-refractivity contribution >= 4 is 27.8 Å². The smallest absolute Gasteiger partial charge is 0.335 e. The number of aromatic carboxylic acids is 1. The Morgan fingerprint density at radius 2 is 2.00 bits per heavy atom. The normalized spacial score (nSPS) is 10.4. The van der Waals surface area contributed by atoms with Gasteiger partial charge in [-0.25, -0.2) is 4.79 Å². The minimum absolute atomic E-state index is 0.251. The molecule has 0 atom stereocenters. The second-order valence-electron chi connectivity index (χ2n) is 4.94. The maximum atomic E-state index is 10.9. The van der Waals surface area contributed by atoms with E-state index in [-0.39, 0.29) is 11.6 Å². The number of carboxylic acid groups (broad SMARTS) is 1. The zero-order valence-electron chi connectivity index (χ0n) is 13.3. The van der Waals surface area contributed by atoms with Gasteiger partial charge in [0.1, 0.15) is 5.82 Å². The van der Waals surface area contributed by atoms with Crippen molar-refractivity contribution < 1.29 is 14.6 Å². The maximum absolute atomic E-state index is 10.9. The molecule has 7 nitrogen and oxygen atoms in total. The summed E-state index contributed by atoms with van der Waals surface area (Å²) in [5, 5.41) is 13.0. The Bertz CT molecular complexity index is 680. The molecule has 0 unspecified atom stereocenters. The number of alkyl halides is 1. The first-order valence-corrected chi connectivity index (χ1v) is 8.74. The maximum Gasteiger partial charge on any atom is 0.335 e. The molecule has 0 bridgehead atoms. The molecule has 0 fully saturated rings. The number of hydrogen-bond acceptors (Lipinski definition) is 6. The summed E-state index contributed by atoms with van der Waals surface area (Å²) >= 11 is 3.38. The minimum atomic E-state index is -0.946. The number of aromatic nitrogens is 3. The van der Waals surface area contributed by atoms with E-state index < -0.39 is 5.97 Å². The zero-order valence-corrected chi connectivity index (χ0v) is 14.9. The zero-order chi connectivity index (χ0) is 17.4. The molecule has 0 saturated heterocycles. The molecule has 2 aromatic rings. The molecule has 128 valence electrons. The van der Waals surface area contributed by atoms with Gasteiger partial charge in [-0.3, -0.25) is 0 Å². The lowest BCUT2D eigenvalue weighted by atomic mass is 10.1. The Labute approximate surface area is 148 Å². The summed E-state index contributed by atoms with van der Waals surface area (Å²) in [4.78, 5) is 23.8. The third-order valence-corrected chi connectivity index (χ3v) is 3.65. The summed E-state index contributed by atoms with van der Waals surface area (Å²) in [7, 11) is 0. The summed E-state index contributed by atoms with van der Waals surface area (Å²) in [6.07, 6.45) is 1.41. The van der Waals surface area contributed by atoms with E-state index in [0.717, 1.165) is 23.9 Å². The highest BCUT2D eigenvalue weighted by molar-refractivity contribution is 9.09. The van der Waals surface area contributed by atoms with Crippen LogP contribution in [0.1, 0.15) is 35.1 Å². The number of ether oxygens (including phenoxy) is 1. The van der Waals surface area contributed by atoms with Gasteiger partial charge in [-0.1, -0.05) is 28.1 Å². The Morgan fingerprint density at radius 3 is 2.62 bits per heavy atom. The third kappa shape index (κ3) is 5.45. The van der Waals surface area contributed by atoms with E-state index >= 15 is 0 Å². The summed E-state index contributed by atoms with van der Waals surface area (Å²) in [6, 6.07) is 6.93. The number of nitrogens with zero attached hydrogens (tertiary/aromatic N) is 3. The van der Waals surface area contributed by atoms with Crippen LogP contribution < -0.4 is 10.1 Å². The number of rotatable bonds is 9. The molecule has 0 amide bonds. The molecule has 8 heteroatoms. The molecule has 2 rings (SSSR count). The summed E-state index contributed by atoms with van der Waals surface area (Å²) in [6.45, 7) is 3.08. The van der Waals surface area contributed by atoms with E-state index in [1.165, 1.54) is 0 Å². The van der Waals surface area contributed by atoms with E-state index in [0.29, 0.717) is 24.8 Å². The SMILES string of the molecule is CCOc1nc(Cc2ccc(C(=O)O)cc2)nc(NCCCBr)n1. The van der Waals surface area contributed by atoms with E-state index in [2.05, 4.69) is 36.2 Å². The first-order valence-electron chi connectivity index (χ1n) is 7.62. The molecule has 1 aromatic heterocycles. The number of anilines is 1. The molecule has 0 aliphatic heterocycles. The lowest BCUT2D eigenvalue weighted by molar-refractivity contribution is 0.0697. The van der Waals surface area contributed by atoms with E-state index in [4.69, 9.17) is 9.84 Å². The molecular formula is C16H19BrN4O3. The molecule has 0 aliphatic carbocycles. The second-order valence-corrected chi connectivity index (χ2v) is 5.73. The first-order chi connectivity index (χ1) is 11.6. The minimum Gasteiger partial charge on any atom is -0.478 e. The van der Waals surface area contributed by atoms with Gasteiger partial charge in [0, 0.05) is 18.3 Å². The van der Waals surface area contributed by atoms with Gasteiger partial charge in [0.05, 0.1) is 12.2 Å². The van der Waals surface area contributed by atoms with Crippen LogP contribution in [0.2, 0.25) is 0 Å². The average Bonchev–Trinajstić information content (AvgIpc) is 2.56. The fourth-order valence-electron chi connectivity index (χ4n) is 1.96. The molecule has 0 radical (unpaired) electrons. The van der Waals surface area contributed by atoms with Gasteiger partial charge in [0.25, 0.3) is 0 Å². The molecule has 0 aliphatic rings. The molecule has 1 aromatic carbocycles. The third-order valence-electron chi connectivity index (χ3n) is 3.09. The van der Waals surface area contributed by atoms with Crippen LogP contribution in [0.25, 0.3) is 0 Å². The second kappa shape index (κ2) is 9.17. The predicted octanol–water partition coefficient (Wildman–Crippen LogP) is 2.76. The topological polar surface area (TPSA) is 97.2 Å². The van der Waals surface area contributed by atoms with Crippen LogP contribution in [0.5, 0.6) is 6.01 Å². The van der Waals surface area contributed by atoms with Crippen molar-refractivity contribution in [3.63, 3.8) is 0 Å². The summed E-state index contributed by atoms with van der Waals surface area (Å²) < 4.78 is 5.39. The highest BCUT2D eigenvalue weighted by atomic mass is 79.9. The van der Waals surface area contributed by atoms with Crippen LogP contribution in [-0.4, -0.2) is 44.5 Å². The molecule has 0 spiro atoms. The quantitative estimate of drug-likeness (QED) is 0.498. The molecule has 1 heterocycles. The number of carbonyl (C=O) groups is 1.